The van der Waals surface area contributed by atoms with Gasteiger partial charge in [-0.15, -0.1) is 0 Å². The zero-order valence-corrected chi connectivity index (χ0v) is 12.8. The first-order chi connectivity index (χ1) is 9.08. The van der Waals surface area contributed by atoms with Crippen LogP contribution in [-0.2, 0) is 0 Å². The Bertz CT molecular complexity index is 383. The van der Waals surface area contributed by atoms with Gasteiger partial charge in [-0.2, -0.15) is 0 Å². The number of hydrogen-bond donors (Lipinski definition) is 0. The lowest BCUT2D eigenvalue weighted by Crippen LogP contribution is -2.36. The molecule has 3 heteroatoms. The average Bonchev–Trinajstić information content (AvgIpc) is 2.39. The molecule has 1 aliphatic heterocycles. The van der Waals surface area contributed by atoms with E-state index in [1.807, 2.05) is 14.1 Å². The first-order valence-electron chi connectivity index (χ1n) is 7.45. The van der Waals surface area contributed by atoms with E-state index in [-0.39, 0.29) is 0 Å². The third-order valence-electron chi connectivity index (χ3n) is 3.83. The van der Waals surface area contributed by atoms with E-state index in [4.69, 9.17) is 0 Å². The molecule has 0 saturated carbocycles. The van der Waals surface area contributed by atoms with Gasteiger partial charge in [0.25, 0.3) is 0 Å². The average molecular weight is 261 g/mol. The van der Waals surface area contributed by atoms with E-state index in [9.17, 15) is 0 Å². The minimum Gasteiger partial charge on any atom is -0.363 e. The second kappa shape index (κ2) is 6.38. The Labute approximate surface area is 117 Å². The van der Waals surface area contributed by atoms with Crippen molar-refractivity contribution in [2.45, 2.75) is 39.2 Å². The van der Waals surface area contributed by atoms with Crippen molar-refractivity contribution in [3.63, 3.8) is 0 Å². The summed E-state index contributed by atoms with van der Waals surface area (Å²) in [6.07, 6.45) is 6.02. The van der Waals surface area contributed by atoms with E-state index in [1.165, 1.54) is 37.9 Å². The Morgan fingerprint density at radius 2 is 2.11 bits per heavy atom. The van der Waals surface area contributed by atoms with Gasteiger partial charge in [0.2, 0.25) is 0 Å². The molecule has 0 amide bonds. The van der Waals surface area contributed by atoms with Crippen molar-refractivity contribution >= 4 is 5.82 Å². The van der Waals surface area contributed by atoms with Crippen LogP contribution in [0.15, 0.2) is 18.3 Å². The quantitative estimate of drug-likeness (QED) is 0.828. The second-order valence-electron chi connectivity index (χ2n) is 6.24. The molecule has 1 aromatic heterocycles. The molecule has 106 valence electrons. The monoisotopic (exact) mass is 261 g/mol. The number of aromatic nitrogens is 1. The first kappa shape index (κ1) is 14.3. The summed E-state index contributed by atoms with van der Waals surface area (Å²) in [6.45, 7) is 7.04. The van der Waals surface area contributed by atoms with Crippen molar-refractivity contribution < 1.29 is 0 Å². The fourth-order valence-corrected chi connectivity index (χ4v) is 2.92. The molecule has 0 N–H and O–H groups in total. The van der Waals surface area contributed by atoms with Crippen molar-refractivity contribution in [2.75, 3.05) is 32.1 Å². The highest BCUT2D eigenvalue weighted by atomic mass is 15.2. The van der Waals surface area contributed by atoms with E-state index < -0.39 is 0 Å². The molecule has 2 heterocycles. The normalized spacial score (nSPS) is 20.8. The van der Waals surface area contributed by atoms with Crippen LogP contribution in [0.1, 0.15) is 44.7 Å². The number of nitrogens with zero attached hydrogens (tertiary/aromatic N) is 3. The minimum absolute atomic E-state index is 0.569. The zero-order valence-electron chi connectivity index (χ0n) is 12.8. The minimum atomic E-state index is 0.569. The van der Waals surface area contributed by atoms with E-state index >= 15 is 0 Å². The maximum Gasteiger partial charge on any atom is 0.127 e. The molecule has 1 atom stereocenters. The highest BCUT2D eigenvalue weighted by Gasteiger charge is 2.24. The number of anilines is 1. The molecule has 0 bridgehead atoms. The summed E-state index contributed by atoms with van der Waals surface area (Å²) in [6, 6.07) is 4.96. The van der Waals surface area contributed by atoms with E-state index in [2.05, 4.69) is 47.0 Å². The van der Waals surface area contributed by atoms with Gasteiger partial charge in [0.15, 0.2) is 0 Å². The molecule has 0 radical (unpaired) electrons. The van der Waals surface area contributed by atoms with E-state index in [0.717, 1.165) is 11.7 Å². The Morgan fingerprint density at radius 1 is 1.32 bits per heavy atom. The summed E-state index contributed by atoms with van der Waals surface area (Å²) < 4.78 is 0. The van der Waals surface area contributed by atoms with Crippen molar-refractivity contribution in [1.29, 1.82) is 0 Å². The van der Waals surface area contributed by atoms with Gasteiger partial charge in [0.05, 0.1) is 0 Å². The number of hydrogen-bond acceptors (Lipinski definition) is 3. The highest BCUT2D eigenvalue weighted by Crippen LogP contribution is 2.31. The highest BCUT2D eigenvalue weighted by molar-refractivity contribution is 5.37. The Balaban J connectivity index is 2.12. The molecular formula is C16H27N3. The summed E-state index contributed by atoms with van der Waals surface area (Å²) in [7, 11) is 4.07. The van der Waals surface area contributed by atoms with Gasteiger partial charge >= 0.3 is 0 Å². The van der Waals surface area contributed by atoms with Crippen LogP contribution in [0.4, 0.5) is 5.82 Å². The predicted molar refractivity (Wildman–Crippen MR) is 81.6 cm³/mol. The molecule has 2 rings (SSSR count). The fraction of sp³-hybridized carbons (Fsp3) is 0.688. The summed E-state index contributed by atoms with van der Waals surface area (Å²) in [5, 5.41) is 0. The third kappa shape index (κ3) is 3.69. The molecule has 3 nitrogen and oxygen atoms in total. The summed E-state index contributed by atoms with van der Waals surface area (Å²) in [5.74, 6) is 1.77. The molecule has 1 saturated heterocycles. The van der Waals surface area contributed by atoms with Crippen LogP contribution < -0.4 is 4.90 Å². The van der Waals surface area contributed by atoms with Gasteiger partial charge < -0.3 is 4.90 Å². The first-order valence-corrected chi connectivity index (χ1v) is 7.45. The fourth-order valence-electron chi connectivity index (χ4n) is 2.92. The Hall–Kier alpha value is -1.09. The van der Waals surface area contributed by atoms with Crippen LogP contribution in [-0.4, -0.2) is 37.1 Å². The van der Waals surface area contributed by atoms with Crippen molar-refractivity contribution in [2.24, 2.45) is 5.92 Å². The van der Waals surface area contributed by atoms with Gasteiger partial charge in [0.1, 0.15) is 5.82 Å². The Kier molecular flexibility index (Phi) is 4.81. The smallest absolute Gasteiger partial charge is 0.127 e. The van der Waals surface area contributed by atoms with Gasteiger partial charge in [-0.3, -0.25) is 4.90 Å². The molecule has 1 aliphatic rings. The lowest BCUT2D eigenvalue weighted by Gasteiger charge is -2.37. The number of likely N-dealkylation sites (tertiary alicyclic amines) is 1. The number of piperidine rings is 1. The molecule has 0 aliphatic carbocycles. The van der Waals surface area contributed by atoms with E-state index in [0.29, 0.717) is 6.04 Å². The van der Waals surface area contributed by atoms with Gasteiger partial charge in [0, 0.05) is 32.9 Å². The number of rotatable bonds is 4. The van der Waals surface area contributed by atoms with Crippen molar-refractivity contribution in [1.82, 2.24) is 9.88 Å². The number of pyridine rings is 1. The maximum atomic E-state index is 4.57. The van der Waals surface area contributed by atoms with E-state index in [1.54, 1.807) is 0 Å². The molecule has 0 aromatic carbocycles. The molecule has 1 fully saturated rings. The summed E-state index contributed by atoms with van der Waals surface area (Å²) in [4.78, 5) is 9.26. The van der Waals surface area contributed by atoms with Crippen LogP contribution in [0.25, 0.3) is 0 Å². The van der Waals surface area contributed by atoms with Crippen LogP contribution in [0.5, 0.6) is 0 Å². The predicted octanol–water partition coefficient (Wildman–Crippen LogP) is 3.33. The molecular weight excluding hydrogens is 234 g/mol. The lowest BCUT2D eigenvalue weighted by molar-refractivity contribution is 0.132. The Morgan fingerprint density at radius 3 is 2.68 bits per heavy atom. The van der Waals surface area contributed by atoms with Gasteiger partial charge in [-0.1, -0.05) is 26.3 Å². The SMILES string of the molecule is CC(C)CN1CCCC[C@H]1c1ccc(N(C)C)nc1. The van der Waals surface area contributed by atoms with Gasteiger partial charge in [-0.05, 0) is 36.9 Å². The van der Waals surface area contributed by atoms with Crippen LogP contribution in [0.2, 0.25) is 0 Å². The topological polar surface area (TPSA) is 19.4 Å². The summed E-state index contributed by atoms with van der Waals surface area (Å²) in [5.41, 5.74) is 1.38. The van der Waals surface area contributed by atoms with Crippen LogP contribution in [0, 0.1) is 5.92 Å². The third-order valence-corrected chi connectivity index (χ3v) is 3.83. The standard InChI is InChI=1S/C16H27N3/c1-13(2)12-19-10-6-5-7-15(19)14-8-9-16(17-11-14)18(3)4/h8-9,11,13,15H,5-7,10,12H2,1-4H3/t15-/m0/s1. The molecule has 19 heavy (non-hydrogen) atoms. The van der Waals surface area contributed by atoms with Crippen molar-refractivity contribution in [3.05, 3.63) is 23.9 Å². The lowest BCUT2D eigenvalue weighted by atomic mass is 9.95. The summed E-state index contributed by atoms with van der Waals surface area (Å²) >= 11 is 0. The molecule has 0 spiro atoms. The molecule has 0 unspecified atom stereocenters. The van der Waals surface area contributed by atoms with Gasteiger partial charge in [-0.25, -0.2) is 4.98 Å². The molecule has 1 aromatic rings. The second-order valence-corrected chi connectivity index (χ2v) is 6.24. The maximum absolute atomic E-state index is 4.57. The largest absolute Gasteiger partial charge is 0.363 e. The zero-order chi connectivity index (χ0) is 13.8. The van der Waals surface area contributed by atoms with Crippen molar-refractivity contribution in [3.8, 4) is 0 Å². The van der Waals surface area contributed by atoms with Crippen LogP contribution in [0.3, 0.4) is 0 Å². The van der Waals surface area contributed by atoms with Crippen LogP contribution >= 0.6 is 0 Å².